The van der Waals surface area contributed by atoms with Gasteiger partial charge < -0.3 is 15.2 Å². The lowest BCUT2D eigenvalue weighted by Gasteiger charge is -2.13. The Bertz CT molecular complexity index is 959. The molecule has 1 atom stereocenters. The maximum absolute atomic E-state index is 12.2. The highest BCUT2D eigenvalue weighted by Crippen LogP contribution is 2.16. The molecule has 3 aromatic rings. The number of imidazole rings is 1. The summed E-state index contributed by atoms with van der Waals surface area (Å²) in [7, 11) is 0. The van der Waals surface area contributed by atoms with E-state index in [1.165, 1.54) is 13.0 Å². The number of carbonyl (C=O) groups is 2. The number of anilines is 1. The lowest BCUT2D eigenvalue weighted by Crippen LogP contribution is -2.24. The molecule has 6 heteroatoms. The van der Waals surface area contributed by atoms with Crippen LogP contribution in [0.3, 0.4) is 0 Å². The minimum atomic E-state index is -0.169. The van der Waals surface area contributed by atoms with E-state index in [2.05, 4.69) is 15.6 Å². The van der Waals surface area contributed by atoms with Crippen molar-refractivity contribution in [2.24, 2.45) is 0 Å². The van der Waals surface area contributed by atoms with Crippen LogP contribution in [0.2, 0.25) is 0 Å². The average Bonchev–Trinajstić information content (AvgIpc) is 3.22. The molecule has 2 amide bonds. The van der Waals surface area contributed by atoms with Crippen LogP contribution in [0.1, 0.15) is 31.0 Å². The fraction of sp³-hybridized carbons (Fsp3) is 0.136. The minimum Gasteiger partial charge on any atom is -0.346 e. The predicted molar refractivity (Wildman–Crippen MR) is 110 cm³/mol. The lowest BCUT2D eigenvalue weighted by molar-refractivity contribution is -0.117. The molecule has 2 aromatic carbocycles. The minimum absolute atomic E-state index is 0.115. The summed E-state index contributed by atoms with van der Waals surface area (Å²) in [5.74, 6) is -0.285. The second-order valence-electron chi connectivity index (χ2n) is 6.43. The standard InChI is InChI=1S/C22H22N4O2/c1-16(19-6-10-21(11-7-19)26-14-13-23-15-26)24-22(28)12-5-18-3-8-20(9-4-18)25-17(2)27/h3-16H,1-2H3,(H,24,28)(H,25,27)/b12-5+. The second kappa shape index (κ2) is 8.81. The molecular formula is C22H22N4O2. The molecule has 0 fully saturated rings. The van der Waals surface area contributed by atoms with Gasteiger partial charge in [0.05, 0.1) is 12.4 Å². The summed E-state index contributed by atoms with van der Waals surface area (Å²) >= 11 is 0. The number of nitrogens with zero attached hydrogens (tertiary/aromatic N) is 2. The Hall–Kier alpha value is -3.67. The van der Waals surface area contributed by atoms with Crippen molar-refractivity contribution in [2.75, 3.05) is 5.32 Å². The van der Waals surface area contributed by atoms with Crippen molar-refractivity contribution < 1.29 is 9.59 Å². The van der Waals surface area contributed by atoms with Crippen molar-refractivity contribution in [1.29, 1.82) is 0 Å². The molecular weight excluding hydrogens is 352 g/mol. The van der Waals surface area contributed by atoms with Crippen molar-refractivity contribution in [3.63, 3.8) is 0 Å². The number of amides is 2. The fourth-order valence-corrected chi connectivity index (χ4v) is 2.74. The van der Waals surface area contributed by atoms with Crippen LogP contribution >= 0.6 is 0 Å². The van der Waals surface area contributed by atoms with Gasteiger partial charge in [0.2, 0.25) is 11.8 Å². The Labute approximate surface area is 163 Å². The zero-order chi connectivity index (χ0) is 19.9. The van der Waals surface area contributed by atoms with E-state index >= 15 is 0 Å². The van der Waals surface area contributed by atoms with E-state index in [0.29, 0.717) is 0 Å². The molecule has 6 nitrogen and oxygen atoms in total. The molecule has 1 unspecified atom stereocenters. The van der Waals surface area contributed by atoms with Crippen LogP contribution in [0.25, 0.3) is 11.8 Å². The first-order valence-corrected chi connectivity index (χ1v) is 8.96. The molecule has 28 heavy (non-hydrogen) atoms. The topological polar surface area (TPSA) is 76.0 Å². The molecule has 0 saturated carbocycles. The molecule has 142 valence electrons. The third kappa shape index (κ3) is 5.17. The number of nitrogens with one attached hydrogen (secondary N) is 2. The summed E-state index contributed by atoms with van der Waals surface area (Å²) in [6.45, 7) is 3.41. The smallest absolute Gasteiger partial charge is 0.244 e. The molecule has 1 aromatic heterocycles. The van der Waals surface area contributed by atoms with E-state index in [1.807, 2.05) is 54.1 Å². The van der Waals surface area contributed by atoms with Crippen molar-refractivity contribution >= 4 is 23.6 Å². The number of aromatic nitrogens is 2. The Morgan fingerprint density at radius 1 is 1.07 bits per heavy atom. The summed E-state index contributed by atoms with van der Waals surface area (Å²) in [6.07, 6.45) is 8.60. The van der Waals surface area contributed by atoms with Crippen LogP contribution in [0, 0.1) is 0 Å². The summed E-state index contributed by atoms with van der Waals surface area (Å²) < 4.78 is 1.92. The van der Waals surface area contributed by atoms with E-state index < -0.39 is 0 Å². The molecule has 0 radical (unpaired) electrons. The average molecular weight is 374 g/mol. The first-order chi connectivity index (χ1) is 13.5. The van der Waals surface area contributed by atoms with Crippen LogP contribution in [0.4, 0.5) is 5.69 Å². The third-order valence-corrected chi connectivity index (χ3v) is 4.21. The zero-order valence-corrected chi connectivity index (χ0v) is 15.8. The van der Waals surface area contributed by atoms with Crippen LogP contribution in [0.5, 0.6) is 0 Å². The number of carbonyl (C=O) groups excluding carboxylic acids is 2. The van der Waals surface area contributed by atoms with Gasteiger partial charge in [-0.15, -0.1) is 0 Å². The molecule has 3 rings (SSSR count). The monoisotopic (exact) mass is 374 g/mol. The maximum Gasteiger partial charge on any atom is 0.244 e. The van der Waals surface area contributed by atoms with Gasteiger partial charge in [0.25, 0.3) is 0 Å². The van der Waals surface area contributed by atoms with Gasteiger partial charge in [0.1, 0.15) is 0 Å². The quantitative estimate of drug-likeness (QED) is 0.646. The number of rotatable bonds is 6. The molecule has 2 N–H and O–H groups in total. The SMILES string of the molecule is CC(=O)Nc1ccc(/C=C/C(=O)NC(C)c2ccc(-n3ccnc3)cc2)cc1. The summed E-state index contributed by atoms with van der Waals surface area (Å²) in [5.41, 5.74) is 3.64. The Morgan fingerprint density at radius 2 is 1.79 bits per heavy atom. The summed E-state index contributed by atoms with van der Waals surface area (Å²) in [5, 5.41) is 5.66. The Morgan fingerprint density at radius 3 is 2.39 bits per heavy atom. The zero-order valence-electron chi connectivity index (χ0n) is 15.8. The molecule has 0 saturated heterocycles. The van der Waals surface area contributed by atoms with E-state index in [4.69, 9.17) is 0 Å². The van der Waals surface area contributed by atoms with Gasteiger partial charge in [-0.25, -0.2) is 4.98 Å². The van der Waals surface area contributed by atoms with Crippen LogP contribution in [0.15, 0.2) is 73.3 Å². The molecule has 0 spiro atoms. The van der Waals surface area contributed by atoms with Gasteiger partial charge in [0.15, 0.2) is 0 Å². The molecule has 0 aliphatic rings. The molecule has 0 bridgehead atoms. The summed E-state index contributed by atoms with van der Waals surface area (Å²) in [4.78, 5) is 27.3. The number of benzene rings is 2. The largest absolute Gasteiger partial charge is 0.346 e. The maximum atomic E-state index is 12.2. The first kappa shape index (κ1) is 19.1. The summed E-state index contributed by atoms with van der Waals surface area (Å²) in [6, 6.07) is 15.1. The van der Waals surface area contributed by atoms with E-state index in [-0.39, 0.29) is 17.9 Å². The highest BCUT2D eigenvalue weighted by molar-refractivity contribution is 5.92. The van der Waals surface area contributed by atoms with Crippen LogP contribution in [-0.2, 0) is 9.59 Å². The van der Waals surface area contributed by atoms with Gasteiger partial charge in [-0.2, -0.15) is 0 Å². The van der Waals surface area contributed by atoms with Gasteiger partial charge in [-0.05, 0) is 48.4 Å². The van der Waals surface area contributed by atoms with Crippen LogP contribution in [-0.4, -0.2) is 21.4 Å². The fourth-order valence-electron chi connectivity index (χ4n) is 2.74. The normalized spacial score (nSPS) is 11.9. The third-order valence-electron chi connectivity index (χ3n) is 4.21. The van der Waals surface area contributed by atoms with E-state index in [9.17, 15) is 9.59 Å². The lowest BCUT2D eigenvalue weighted by atomic mass is 10.1. The molecule has 1 heterocycles. The van der Waals surface area contributed by atoms with Gasteiger partial charge in [0, 0.05) is 36.8 Å². The highest BCUT2D eigenvalue weighted by Gasteiger charge is 2.08. The van der Waals surface area contributed by atoms with Crippen molar-refractivity contribution in [3.05, 3.63) is 84.5 Å². The van der Waals surface area contributed by atoms with E-state index in [1.54, 1.807) is 30.7 Å². The Balaban J connectivity index is 1.56. The second-order valence-corrected chi connectivity index (χ2v) is 6.43. The van der Waals surface area contributed by atoms with E-state index in [0.717, 1.165) is 22.5 Å². The van der Waals surface area contributed by atoms with Crippen LogP contribution < -0.4 is 10.6 Å². The van der Waals surface area contributed by atoms with Gasteiger partial charge >= 0.3 is 0 Å². The highest BCUT2D eigenvalue weighted by atomic mass is 16.2. The predicted octanol–water partition coefficient (Wildman–Crippen LogP) is 3.72. The van der Waals surface area contributed by atoms with Crippen molar-refractivity contribution in [1.82, 2.24) is 14.9 Å². The number of hydrogen-bond donors (Lipinski definition) is 2. The Kier molecular flexibility index (Phi) is 6.01. The molecule has 0 aliphatic heterocycles. The van der Waals surface area contributed by atoms with Gasteiger partial charge in [-0.3, -0.25) is 9.59 Å². The van der Waals surface area contributed by atoms with Crippen molar-refractivity contribution in [2.45, 2.75) is 19.9 Å². The number of hydrogen-bond acceptors (Lipinski definition) is 3. The van der Waals surface area contributed by atoms with Gasteiger partial charge in [-0.1, -0.05) is 24.3 Å². The first-order valence-electron chi connectivity index (χ1n) is 8.96. The van der Waals surface area contributed by atoms with Crippen molar-refractivity contribution in [3.8, 4) is 5.69 Å². The molecule has 0 aliphatic carbocycles.